The monoisotopic (exact) mass is 439 g/mol. The largest absolute Gasteiger partial charge is 0.485 e. The fourth-order valence-electron chi connectivity index (χ4n) is 3.52. The molecule has 1 saturated heterocycles. The van der Waals surface area contributed by atoms with Crippen LogP contribution in [0, 0.1) is 0 Å². The average Bonchev–Trinajstić information content (AvgIpc) is 2.86. The van der Waals surface area contributed by atoms with Gasteiger partial charge in [-0.15, -0.1) is 0 Å². The molecule has 2 aromatic carbocycles. The van der Waals surface area contributed by atoms with E-state index in [9.17, 15) is 14.4 Å². The average molecular weight is 439 g/mol. The molecule has 0 radical (unpaired) electrons. The van der Waals surface area contributed by atoms with Crippen LogP contribution in [0.25, 0.3) is 0 Å². The third-order valence-electron chi connectivity index (χ3n) is 5.28. The molecule has 0 saturated carbocycles. The van der Waals surface area contributed by atoms with Crippen molar-refractivity contribution in [3.8, 4) is 17.2 Å². The van der Waals surface area contributed by atoms with Gasteiger partial charge in [-0.2, -0.15) is 0 Å². The number of amides is 3. The van der Waals surface area contributed by atoms with Gasteiger partial charge in [0.05, 0.1) is 6.54 Å². The number of hydrogen-bond donors (Lipinski definition) is 1. The predicted octanol–water partition coefficient (Wildman–Crippen LogP) is 0.692. The van der Waals surface area contributed by atoms with E-state index >= 15 is 0 Å². The molecule has 2 aliphatic heterocycles. The summed E-state index contributed by atoms with van der Waals surface area (Å²) < 4.78 is 16.8. The van der Waals surface area contributed by atoms with Crippen molar-refractivity contribution in [2.24, 2.45) is 0 Å². The van der Waals surface area contributed by atoms with Crippen LogP contribution < -0.4 is 19.5 Å². The molecule has 2 aromatic rings. The number of nitrogens with zero attached hydrogens (tertiary/aromatic N) is 2. The highest BCUT2D eigenvalue weighted by Gasteiger charge is 2.33. The van der Waals surface area contributed by atoms with E-state index in [0.717, 1.165) is 0 Å². The third-order valence-corrected chi connectivity index (χ3v) is 5.28. The van der Waals surface area contributed by atoms with Crippen LogP contribution in [-0.4, -0.2) is 79.6 Å². The number of ether oxygens (including phenoxy) is 3. The van der Waals surface area contributed by atoms with Gasteiger partial charge in [-0.3, -0.25) is 14.4 Å². The molecule has 1 unspecified atom stereocenters. The van der Waals surface area contributed by atoms with E-state index < -0.39 is 6.10 Å². The Kier molecular flexibility index (Phi) is 6.74. The molecular formula is C23H25N3O6. The molecule has 1 atom stereocenters. The maximum atomic E-state index is 12.8. The van der Waals surface area contributed by atoms with Gasteiger partial charge in [0.1, 0.15) is 12.4 Å². The van der Waals surface area contributed by atoms with E-state index in [1.807, 2.05) is 30.3 Å². The van der Waals surface area contributed by atoms with Crippen LogP contribution in [0.1, 0.15) is 0 Å². The summed E-state index contributed by atoms with van der Waals surface area (Å²) in [6.45, 7) is 1.48. The molecular weight excluding hydrogens is 414 g/mol. The zero-order valence-electron chi connectivity index (χ0n) is 17.6. The van der Waals surface area contributed by atoms with Crippen molar-refractivity contribution >= 4 is 17.7 Å². The van der Waals surface area contributed by atoms with Gasteiger partial charge in [0.15, 0.2) is 18.1 Å². The minimum Gasteiger partial charge on any atom is -0.485 e. The summed E-state index contributed by atoms with van der Waals surface area (Å²) in [6.07, 6.45) is -0.698. The summed E-state index contributed by atoms with van der Waals surface area (Å²) in [4.78, 5) is 40.4. The smallest absolute Gasteiger partial charge is 0.267 e. The fraction of sp³-hybridized carbons (Fsp3) is 0.348. The van der Waals surface area contributed by atoms with Gasteiger partial charge in [0.2, 0.25) is 12.0 Å². The van der Waals surface area contributed by atoms with Crippen molar-refractivity contribution in [3.05, 3.63) is 54.6 Å². The van der Waals surface area contributed by atoms with E-state index in [-0.39, 0.29) is 37.5 Å². The van der Waals surface area contributed by atoms with Crippen LogP contribution in [0.3, 0.4) is 0 Å². The van der Waals surface area contributed by atoms with Gasteiger partial charge in [0.25, 0.3) is 11.8 Å². The number of para-hydroxylation sites is 3. The summed E-state index contributed by atoms with van der Waals surface area (Å²) in [5.74, 6) is 1.05. The number of rotatable bonds is 6. The lowest BCUT2D eigenvalue weighted by Crippen LogP contribution is -2.56. The van der Waals surface area contributed by atoms with Gasteiger partial charge < -0.3 is 29.3 Å². The second-order valence-electron chi connectivity index (χ2n) is 7.45. The standard InChI is InChI=1S/C23H25N3O6/c27-21(16-30-17-6-2-1-3-7-17)24-14-22(28)25-10-12-26(13-11-25)23(29)20-15-31-18-8-4-5-9-19(18)32-20/h1-9,20H,10-16H2,(H,24,27). The number of benzene rings is 2. The quantitative estimate of drug-likeness (QED) is 0.712. The van der Waals surface area contributed by atoms with Gasteiger partial charge in [0, 0.05) is 26.2 Å². The molecule has 1 fully saturated rings. The van der Waals surface area contributed by atoms with E-state index in [0.29, 0.717) is 43.4 Å². The Bertz CT molecular complexity index is 959. The maximum absolute atomic E-state index is 12.8. The highest BCUT2D eigenvalue weighted by molar-refractivity contribution is 5.86. The number of carbonyl (C=O) groups is 3. The molecule has 4 rings (SSSR count). The van der Waals surface area contributed by atoms with Crippen molar-refractivity contribution < 1.29 is 28.6 Å². The minimum absolute atomic E-state index is 0.110. The summed E-state index contributed by atoms with van der Waals surface area (Å²) in [7, 11) is 0. The predicted molar refractivity (Wildman–Crippen MR) is 114 cm³/mol. The number of carbonyl (C=O) groups excluding carboxylic acids is 3. The first-order valence-electron chi connectivity index (χ1n) is 10.5. The molecule has 0 bridgehead atoms. The van der Waals surface area contributed by atoms with Crippen molar-refractivity contribution in [3.63, 3.8) is 0 Å². The molecule has 32 heavy (non-hydrogen) atoms. The molecule has 1 N–H and O–H groups in total. The van der Waals surface area contributed by atoms with Gasteiger partial charge >= 0.3 is 0 Å². The maximum Gasteiger partial charge on any atom is 0.267 e. The minimum atomic E-state index is -0.698. The van der Waals surface area contributed by atoms with E-state index in [4.69, 9.17) is 14.2 Å². The lowest BCUT2D eigenvalue weighted by molar-refractivity contribution is -0.146. The van der Waals surface area contributed by atoms with Gasteiger partial charge in [-0.1, -0.05) is 30.3 Å². The topological polar surface area (TPSA) is 97.4 Å². The molecule has 3 amide bonds. The van der Waals surface area contributed by atoms with E-state index in [2.05, 4.69) is 5.32 Å². The van der Waals surface area contributed by atoms with E-state index in [1.165, 1.54) is 0 Å². The Hall–Kier alpha value is -3.75. The molecule has 168 valence electrons. The Balaban J connectivity index is 1.18. The van der Waals surface area contributed by atoms with Crippen LogP contribution in [0.4, 0.5) is 0 Å². The Morgan fingerprint density at radius 2 is 1.56 bits per heavy atom. The lowest BCUT2D eigenvalue weighted by Gasteiger charge is -2.37. The number of fused-ring (bicyclic) bond motifs is 1. The number of piperazine rings is 1. The van der Waals surface area contributed by atoms with Crippen molar-refractivity contribution in [2.45, 2.75) is 6.10 Å². The van der Waals surface area contributed by atoms with Crippen LogP contribution in [0.2, 0.25) is 0 Å². The second-order valence-corrected chi connectivity index (χ2v) is 7.45. The zero-order chi connectivity index (χ0) is 22.3. The van der Waals surface area contributed by atoms with Gasteiger partial charge in [-0.25, -0.2) is 0 Å². The highest BCUT2D eigenvalue weighted by atomic mass is 16.6. The second kappa shape index (κ2) is 10.0. The van der Waals surface area contributed by atoms with Crippen LogP contribution in [0.5, 0.6) is 17.2 Å². The number of nitrogens with one attached hydrogen (secondary N) is 1. The van der Waals surface area contributed by atoms with Crippen LogP contribution in [0.15, 0.2) is 54.6 Å². The number of hydrogen-bond acceptors (Lipinski definition) is 6. The molecule has 0 spiro atoms. The Morgan fingerprint density at radius 3 is 2.31 bits per heavy atom. The lowest BCUT2D eigenvalue weighted by atomic mass is 10.2. The summed E-state index contributed by atoms with van der Waals surface area (Å²) in [5.41, 5.74) is 0. The molecule has 2 aliphatic rings. The van der Waals surface area contributed by atoms with Crippen molar-refractivity contribution in [1.29, 1.82) is 0 Å². The molecule has 9 nitrogen and oxygen atoms in total. The SMILES string of the molecule is O=C(COc1ccccc1)NCC(=O)N1CCN(C(=O)C2COc3ccccc3O2)CC1. The van der Waals surface area contributed by atoms with Crippen LogP contribution in [-0.2, 0) is 14.4 Å². The normalized spacial score (nSPS) is 17.4. The molecule has 9 heteroatoms. The molecule has 0 aromatic heterocycles. The Labute approximate surface area is 185 Å². The summed E-state index contributed by atoms with van der Waals surface area (Å²) in [6, 6.07) is 16.2. The molecule has 2 heterocycles. The van der Waals surface area contributed by atoms with E-state index in [1.54, 1.807) is 34.1 Å². The first-order valence-corrected chi connectivity index (χ1v) is 10.5. The fourth-order valence-corrected chi connectivity index (χ4v) is 3.52. The first-order chi connectivity index (χ1) is 15.6. The third kappa shape index (κ3) is 5.29. The van der Waals surface area contributed by atoms with Crippen molar-refractivity contribution in [1.82, 2.24) is 15.1 Å². The first kappa shape index (κ1) is 21.5. The Morgan fingerprint density at radius 1 is 0.906 bits per heavy atom. The van der Waals surface area contributed by atoms with Crippen molar-refractivity contribution in [2.75, 3.05) is 45.9 Å². The van der Waals surface area contributed by atoms with Crippen LogP contribution >= 0.6 is 0 Å². The summed E-state index contributed by atoms with van der Waals surface area (Å²) >= 11 is 0. The molecule has 0 aliphatic carbocycles. The highest BCUT2D eigenvalue weighted by Crippen LogP contribution is 2.31. The summed E-state index contributed by atoms with van der Waals surface area (Å²) in [5, 5.41) is 2.57. The van der Waals surface area contributed by atoms with Gasteiger partial charge in [-0.05, 0) is 24.3 Å². The zero-order valence-corrected chi connectivity index (χ0v) is 17.6.